The fourth-order valence-electron chi connectivity index (χ4n) is 3.61. The molecule has 1 aliphatic heterocycles. The van der Waals surface area contributed by atoms with Crippen LogP contribution in [0.15, 0.2) is 43.1 Å². The number of nitrogens with zero attached hydrogens (tertiary/aromatic N) is 6. The summed E-state index contributed by atoms with van der Waals surface area (Å²) >= 11 is 0. The third-order valence-corrected chi connectivity index (χ3v) is 5.48. The number of hydrogen-bond acceptors (Lipinski definition) is 8. The molecule has 3 heterocycles. The summed E-state index contributed by atoms with van der Waals surface area (Å²) in [6.07, 6.45) is 2.96. The van der Waals surface area contributed by atoms with Crippen LogP contribution in [0.5, 0.6) is 0 Å². The number of ether oxygens (including phenoxy) is 1. The van der Waals surface area contributed by atoms with Crippen molar-refractivity contribution in [3.8, 4) is 22.6 Å². The van der Waals surface area contributed by atoms with E-state index in [1.807, 2.05) is 0 Å². The Bertz CT molecular complexity index is 1300. The van der Waals surface area contributed by atoms with Crippen molar-refractivity contribution >= 4 is 25.8 Å². The molecule has 1 amide bonds. The van der Waals surface area contributed by atoms with Gasteiger partial charge >= 0.3 is 13.9 Å². The number of amides is 1. The van der Waals surface area contributed by atoms with Gasteiger partial charge in [0.05, 0.1) is 18.3 Å². The van der Waals surface area contributed by atoms with E-state index in [4.69, 9.17) is 24.0 Å². The number of tetrazole rings is 1. The molecule has 13 nitrogen and oxygen atoms in total. The maximum atomic E-state index is 14.9. The van der Waals surface area contributed by atoms with Crippen LogP contribution in [0, 0.1) is 11.7 Å². The Morgan fingerprint density at radius 3 is 2.50 bits per heavy atom. The molecule has 1 aromatic carbocycles. The van der Waals surface area contributed by atoms with Crippen molar-refractivity contribution in [3.05, 3.63) is 48.9 Å². The van der Waals surface area contributed by atoms with Crippen molar-refractivity contribution in [2.75, 3.05) is 11.4 Å². The molecule has 1 saturated heterocycles. The Hall–Kier alpha value is -3.55. The Kier molecular flexibility index (Phi) is 7.24. The molecule has 0 bridgehead atoms. The van der Waals surface area contributed by atoms with Crippen molar-refractivity contribution in [1.82, 2.24) is 25.2 Å². The summed E-state index contributed by atoms with van der Waals surface area (Å²) in [5.74, 6) is 0.0170. The summed E-state index contributed by atoms with van der Waals surface area (Å²) in [6, 6.07) is 7.91. The molecular weight excluding hydrogens is 498 g/mol. The molecule has 2 fully saturated rings. The molecule has 36 heavy (non-hydrogen) atoms. The minimum Gasteiger partial charge on any atom is -0.441 e. The van der Waals surface area contributed by atoms with Crippen molar-refractivity contribution in [2.45, 2.75) is 25.0 Å². The van der Waals surface area contributed by atoms with Crippen LogP contribution >= 0.6 is 7.82 Å². The van der Waals surface area contributed by atoms with E-state index >= 15 is 0 Å². The average molecular weight is 520 g/mol. The topological polar surface area (TPSA) is 184 Å². The zero-order valence-electron chi connectivity index (χ0n) is 18.6. The van der Waals surface area contributed by atoms with Crippen molar-refractivity contribution in [3.63, 3.8) is 0 Å². The second-order valence-corrected chi connectivity index (χ2v) is 9.11. The lowest BCUT2D eigenvalue weighted by atomic mass is 10.1. The first-order chi connectivity index (χ1) is 17.0. The first-order valence-electron chi connectivity index (χ1n) is 10.7. The predicted molar refractivity (Wildman–Crippen MR) is 123 cm³/mol. The number of phosphoric acid groups is 1. The monoisotopic (exact) mass is 520 g/mol. The SMILES string of the molecule is C=Cn1nnc(-c2ccc(-c3ccc(N4C[C@H](C(O)C5CC5)OC4=O)cc3F)cn2)n1.O=P(O)(O)O. The molecular formula is C21H22FN6O7P. The van der Waals surface area contributed by atoms with E-state index in [9.17, 15) is 14.3 Å². The quantitative estimate of drug-likeness (QED) is 0.348. The predicted octanol–water partition coefficient (Wildman–Crippen LogP) is 1.81. The highest BCUT2D eigenvalue weighted by atomic mass is 31.2. The number of pyridine rings is 1. The number of rotatable bonds is 6. The Balaban J connectivity index is 0.000000556. The number of anilines is 1. The number of benzene rings is 1. The lowest BCUT2D eigenvalue weighted by Gasteiger charge is -2.16. The maximum Gasteiger partial charge on any atom is 0.466 e. The minimum atomic E-state index is -4.64. The van der Waals surface area contributed by atoms with Gasteiger partial charge in [0, 0.05) is 23.5 Å². The number of hydrogen-bond donors (Lipinski definition) is 4. The number of carbonyl (C=O) groups excluding carboxylic acids is 1. The van der Waals surface area contributed by atoms with E-state index in [-0.39, 0.29) is 12.5 Å². The van der Waals surface area contributed by atoms with Gasteiger partial charge in [0.25, 0.3) is 0 Å². The fourth-order valence-corrected chi connectivity index (χ4v) is 3.61. The van der Waals surface area contributed by atoms with Gasteiger partial charge in [-0.05, 0) is 48.2 Å². The van der Waals surface area contributed by atoms with Gasteiger partial charge < -0.3 is 24.5 Å². The van der Waals surface area contributed by atoms with Crippen LogP contribution in [-0.4, -0.2) is 69.8 Å². The highest BCUT2D eigenvalue weighted by Crippen LogP contribution is 2.37. The molecule has 2 aromatic heterocycles. The van der Waals surface area contributed by atoms with Gasteiger partial charge in [0.2, 0.25) is 5.82 Å². The Morgan fingerprint density at radius 2 is 1.94 bits per heavy atom. The van der Waals surface area contributed by atoms with E-state index in [2.05, 4.69) is 27.0 Å². The van der Waals surface area contributed by atoms with Crippen LogP contribution in [0.2, 0.25) is 0 Å². The molecule has 3 aromatic rings. The Morgan fingerprint density at radius 1 is 1.22 bits per heavy atom. The molecule has 2 aliphatic rings. The zero-order chi connectivity index (χ0) is 26.0. The minimum absolute atomic E-state index is 0.184. The number of carbonyl (C=O) groups is 1. The summed E-state index contributed by atoms with van der Waals surface area (Å²) in [6.45, 7) is 3.75. The van der Waals surface area contributed by atoms with E-state index in [1.54, 1.807) is 24.3 Å². The normalized spacial score (nSPS) is 18.3. The second kappa shape index (κ2) is 10.2. The first kappa shape index (κ1) is 25.5. The zero-order valence-corrected chi connectivity index (χ0v) is 19.5. The number of aromatic nitrogens is 5. The van der Waals surface area contributed by atoms with Crippen LogP contribution in [0.4, 0.5) is 14.9 Å². The summed E-state index contributed by atoms with van der Waals surface area (Å²) in [7, 11) is -4.64. The van der Waals surface area contributed by atoms with Gasteiger partial charge in [0.15, 0.2) is 0 Å². The Labute approximate surface area is 203 Å². The van der Waals surface area contributed by atoms with Gasteiger partial charge in [-0.3, -0.25) is 9.88 Å². The van der Waals surface area contributed by atoms with Gasteiger partial charge in [-0.1, -0.05) is 12.6 Å². The molecule has 0 spiro atoms. The molecule has 4 N–H and O–H groups in total. The largest absolute Gasteiger partial charge is 0.466 e. The van der Waals surface area contributed by atoms with Crippen LogP contribution in [0.1, 0.15) is 12.8 Å². The lowest BCUT2D eigenvalue weighted by Crippen LogP contribution is -2.32. The molecule has 1 aliphatic carbocycles. The standard InChI is InChI=1S/C21H19FN6O3.H3O4P/c1-2-28-25-20(24-26-28)17-8-5-13(10-23-17)15-7-6-14(9-16(15)22)27-11-18(31-21(27)30)19(29)12-3-4-12;1-5(2,3)4/h2,5-10,12,18-19,29H,1,3-4,11H2;(H3,1,2,3,4)/t18-,19?;/m1./s1. The second-order valence-electron chi connectivity index (χ2n) is 8.09. The lowest BCUT2D eigenvalue weighted by molar-refractivity contribution is 0.0200. The summed E-state index contributed by atoms with van der Waals surface area (Å²) < 4.78 is 29.1. The maximum absolute atomic E-state index is 14.9. The van der Waals surface area contributed by atoms with Gasteiger partial charge in [0.1, 0.15) is 17.6 Å². The molecule has 1 saturated carbocycles. The molecule has 15 heteroatoms. The highest BCUT2D eigenvalue weighted by Gasteiger charge is 2.43. The van der Waals surface area contributed by atoms with Crippen molar-refractivity contribution < 1.29 is 38.3 Å². The number of halogens is 1. The third-order valence-electron chi connectivity index (χ3n) is 5.48. The van der Waals surface area contributed by atoms with Crippen LogP contribution in [-0.2, 0) is 9.30 Å². The van der Waals surface area contributed by atoms with E-state index in [1.165, 1.54) is 28.2 Å². The average Bonchev–Trinajstić information content (AvgIpc) is 3.43. The smallest absolute Gasteiger partial charge is 0.441 e. The van der Waals surface area contributed by atoms with Crippen molar-refractivity contribution in [2.24, 2.45) is 5.92 Å². The number of aliphatic hydroxyl groups is 1. The highest BCUT2D eigenvalue weighted by molar-refractivity contribution is 7.45. The van der Waals surface area contributed by atoms with E-state index in [0.29, 0.717) is 28.3 Å². The molecule has 190 valence electrons. The molecule has 2 atom stereocenters. The first-order valence-corrected chi connectivity index (χ1v) is 12.2. The van der Waals surface area contributed by atoms with Gasteiger partial charge in [-0.25, -0.2) is 13.8 Å². The molecule has 0 radical (unpaired) electrons. The number of aliphatic hydroxyl groups excluding tert-OH is 1. The number of cyclic esters (lactones) is 1. The van der Waals surface area contributed by atoms with Gasteiger partial charge in [-0.2, -0.15) is 0 Å². The fraction of sp³-hybridized carbons (Fsp3) is 0.286. The summed E-state index contributed by atoms with van der Waals surface area (Å²) in [5.41, 5.74) is 1.78. The molecule has 5 rings (SSSR count). The van der Waals surface area contributed by atoms with Crippen LogP contribution in [0.25, 0.3) is 28.8 Å². The summed E-state index contributed by atoms with van der Waals surface area (Å²) in [4.78, 5) is 40.6. The van der Waals surface area contributed by atoms with Crippen molar-refractivity contribution in [1.29, 1.82) is 0 Å². The van der Waals surface area contributed by atoms with Gasteiger partial charge in [-0.15, -0.1) is 15.0 Å². The third kappa shape index (κ3) is 6.17. The summed E-state index contributed by atoms with van der Waals surface area (Å²) in [5, 5.41) is 22.0. The molecule has 1 unspecified atom stereocenters. The van der Waals surface area contributed by atoms with E-state index in [0.717, 1.165) is 12.8 Å². The van der Waals surface area contributed by atoms with E-state index < -0.39 is 31.9 Å². The van der Waals surface area contributed by atoms with Crippen LogP contribution < -0.4 is 4.90 Å². The van der Waals surface area contributed by atoms with Crippen LogP contribution in [0.3, 0.4) is 0 Å².